The number of hydrogen-bond donors (Lipinski definition) is 1. The standard InChI is InChI=1S/C28H30ClN3O7S/c1-18-4-6-20(13-27(18)40(34,35)30-22-14-21(29)24(36-2)15-25(22)37-3)28(33)32-10-8-31(9-11-32)16-19-5-7-23-26(12-19)39-17-38-23/h4-7,12-15,30H,8-11,16-17H2,1-3H3. The molecule has 2 aliphatic heterocycles. The second-order valence-corrected chi connectivity index (χ2v) is 11.6. The van der Waals surface area contributed by atoms with Crippen molar-refractivity contribution in [3.05, 3.63) is 70.2 Å². The van der Waals surface area contributed by atoms with Crippen LogP contribution in [0.15, 0.2) is 53.4 Å². The minimum Gasteiger partial charge on any atom is -0.495 e. The summed E-state index contributed by atoms with van der Waals surface area (Å²) in [5.41, 5.74) is 2.06. The van der Waals surface area contributed by atoms with Gasteiger partial charge < -0.3 is 23.8 Å². The third-order valence-corrected chi connectivity index (χ3v) is 8.75. The lowest BCUT2D eigenvalue weighted by Gasteiger charge is -2.35. The topological polar surface area (TPSA) is 107 Å². The second kappa shape index (κ2) is 11.4. The summed E-state index contributed by atoms with van der Waals surface area (Å²) >= 11 is 6.22. The Morgan fingerprint density at radius 3 is 2.40 bits per heavy atom. The van der Waals surface area contributed by atoms with Crippen LogP contribution in [0.25, 0.3) is 0 Å². The molecule has 0 saturated carbocycles. The monoisotopic (exact) mass is 587 g/mol. The molecule has 0 aromatic heterocycles. The highest BCUT2D eigenvalue weighted by molar-refractivity contribution is 7.92. The number of benzene rings is 3. The van der Waals surface area contributed by atoms with Crippen molar-refractivity contribution in [2.24, 2.45) is 0 Å². The van der Waals surface area contributed by atoms with E-state index in [4.69, 9.17) is 30.5 Å². The zero-order chi connectivity index (χ0) is 28.4. The van der Waals surface area contributed by atoms with E-state index in [1.54, 1.807) is 24.0 Å². The zero-order valence-electron chi connectivity index (χ0n) is 22.4. The number of nitrogens with one attached hydrogen (secondary N) is 1. The van der Waals surface area contributed by atoms with Crippen LogP contribution in [-0.2, 0) is 16.6 Å². The quantitative estimate of drug-likeness (QED) is 0.419. The molecule has 1 N–H and O–H groups in total. The van der Waals surface area contributed by atoms with Gasteiger partial charge in [0.05, 0.1) is 29.8 Å². The van der Waals surface area contributed by atoms with E-state index in [2.05, 4.69) is 9.62 Å². The second-order valence-electron chi connectivity index (χ2n) is 9.53. The van der Waals surface area contributed by atoms with Crippen LogP contribution < -0.4 is 23.7 Å². The number of piperazine rings is 1. The van der Waals surface area contributed by atoms with E-state index in [1.165, 1.54) is 32.4 Å². The van der Waals surface area contributed by atoms with Gasteiger partial charge in [-0.2, -0.15) is 0 Å². The van der Waals surface area contributed by atoms with Crippen LogP contribution in [0, 0.1) is 6.92 Å². The number of sulfonamides is 1. The van der Waals surface area contributed by atoms with E-state index in [-0.39, 0.29) is 34.1 Å². The lowest BCUT2D eigenvalue weighted by atomic mass is 10.1. The Kier molecular flexibility index (Phi) is 7.97. The average molecular weight is 588 g/mol. The molecule has 10 nitrogen and oxygen atoms in total. The van der Waals surface area contributed by atoms with Gasteiger partial charge in [-0.05, 0) is 48.4 Å². The number of hydrogen-bond acceptors (Lipinski definition) is 8. The molecule has 0 atom stereocenters. The highest BCUT2D eigenvalue weighted by atomic mass is 35.5. The molecule has 2 aliphatic rings. The summed E-state index contributed by atoms with van der Waals surface area (Å²) in [6, 6.07) is 13.5. The Morgan fingerprint density at radius 2 is 1.68 bits per heavy atom. The number of anilines is 1. The van der Waals surface area contributed by atoms with Crippen LogP contribution in [0.5, 0.6) is 23.0 Å². The SMILES string of the molecule is COc1cc(OC)c(NS(=O)(=O)c2cc(C(=O)N3CCN(Cc4ccc5c(c4)OCO5)CC3)ccc2C)cc1Cl. The molecule has 40 heavy (non-hydrogen) atoms. The number of fused-ring (bicyclic) bond motifs is 1. The fourth-order valence-electron chi connectivity index (χ4n) is 4.75. The lowest BCUT2D eigenvalue weighted by molar-refractivity contribution is 0.0628. The number of nitrogens with zero attached hydrogens (tertiary/aromatic N) is 2. The van der Waals surface area contributed by atoms with E-state index in [0.717, 1.165) is 23.6 Å². The molecule has 1 saturated heterocycles. The Balaban J connectivity index is 1.27. The molecule has 1 fully saturated rings. The molecule has 0 spiro atoms. The largest absolute Gasteiger partial charge is 0.495 e. The molecule has 212 valence electrons. The number of amides is 1. The van der Waals surface area contributed by atoms with Gasteiger partial charge >= 0.3 is 0 Å². The first kappa shape index (κ1) is 27.9. The molecule has 3 aromatic rings. The average Bonchev–Trinajstić information content (AvgIpc) is 3.41. The lowest BCUT2D eigenvalue weighted by Crippen LogP contribution is -2.48. The first-order valence-electron chi connectivity index (χ1n) is 12.6. The Bertz CT molecular complexity index is 1540. The third kappa shape index (κ3) is 5.77. The van der Waals surface area contributed by atoms with Crippen molar-refractivity contribution in [3.63, 3.8) is 0 Å². The van der Waals surface area contributed by atoms with Crippen molar-refractivity contribution in [3.8, 4) is 23.0 Å². The van der Waals surface area contributed by atoms with Gasteiger partial charge in [-0.15, -0.1) is 0 Å². The van der Waals surface area contributed by atoms with Crippen LogP contribution >= 0.6 is 11.6 Å². The maximum atomic E-state index is 13.4. The number of rotatable bonds is 8. The number of halogens is 1. The number of ether oxygens (including phenoxy) is 4. The first-order chi connectivity index (χ1) is 19.2. The van der Waals surface area contributed by atoms with Gasteiger partial charge in [0, 0.05) is 44.4 Å². The van der Waals surface area contributed by atoms with E-state index < -0.39 is 10.0 Å². The summed E-state index contributed by atoms with van der Waals surface area (Å²) < 4.78 is 50.7. The minimum atomic E-state index is -4.08. The molecule has 5 rings (SSSR count). The summed E-state index contributed by atoms with van der Waals surface area (Å²) in [5.74, 6) is 1.87. The predicted molar refractivity (Wildman–Crippen MR) is 150 cm³/mol. The van der Waals surface area contributed by atoms with E-state index >= 15 is 0 Å². The van der Waals surface area contributed by atoms with Gasteiger partial charge in [-0.1, -0.05) is 23.7 Å². The van der Waals surface area contributed by atoms with Crippen molar-refractivity contribution >= 4 is 33.2 Å². The van der Waals surface area contributed by atoms with Gasteiger partial charge in [0.1, 0.15) is 11.5 Å². The third-order valence-electron chi connectivity index (χ3n) is 6.95. The van der Waals surface area contributed by atoms with Gasteiger partial charge in [0.25, 0.3) is 15.9 Å². The number of methoxy groups -OCH3 is 2. The molecule has 12 heteroatoms. The minimum absolute atomic E-state index is 0.00575. The van der Waals surface area contributed by atoms with Gasteiger partial charge in [-0.3, -0.25) is 14.4 Å². The Labute approximate surface area is 238 Å². The fourth-order valence-corrected chi connectivity index (χ4v) is 6.33. The molecular formula is C28H30ClN3O7S. The van der Waals surface area contributed by atoms with E-state index in [1.807, 2.05) is 18.2 Å². The van der Waals surface area contributed by atoms with Gasteiger partial charge in [0.2, 0.25) is 6.79 Å². The summed E-state index contributed by atoms with van der Waals surface area (Å²) in [6.07, 6.45) is 0. The van der Waals surface area contributed by atoms with Crippen molar-refractivity contribution in [2.75, 3.05) is 51.9 Å². The van der Waals surface area contributed by atoms with Crippen molar-refractivity contribution in [2.45, 2.75) is 18.4 Å². The summed E-state index contributed by atoms with van der Waals surface area (Å²) in [4.78, 5) is 17.4. The van der Waals surface area contributed by atoms with Gasteiger partial charge in [-0.25, -0.2) is 8.42 Å². The summed E-state index contributed by atoms with van der Waals surface area (Å²) in [6.45, 7) is 5.08. The molecular weight excluding hydrogens is 558 g/mol. The number of aryl methyl sites for hydroxylation is 1. The smallest absolute Gasteiger partial charge is 0.262 e. The van der Waals surface area contributed by atoms with Crippen LogP contribution in [-0.4, -0.2) is 71.3 Å². The molecule has 0 radical (unpaired) electrons. The van der Waals surface area contributed by atoms with E-state index in [9.17, 15) is 13.2 Å². The molecule has 0 aliphatic carbocycles. The predicted octanol–water partition coefficient (Wildman–Crippen LogP) is 4.15. The van der Waals surface area contributed by atoms with Crippen LogP contribution in [0.4, 0.5) is 5.69 Å². The molecule has 1 amide bonds. The first-order valence-corrected chi connectivity index (χ1v) is 14.5. The van der Waals surface area contributed by atoms with Crippen LogP contribution in [0.2, 0.25) is 5.02 Å². The van der Waals surface area contributed by atoms with Crippen LogP contribution in [0.1, 0.15) is 21.5 Å². The number of carbonyl (C=O) groups excluding carboxylic acids is 1. The van der Waals surface area contributed by atoms with Crippen molar-refractivity contribution < 1.29 is 32.2 Å². The molecule has 3 aromatic carbocycles. The molecule has 0 unspecified atom stereocenters. The number of carbonyl (C=O) groups is 1. The fraction of sp³-hybridized carbons (Fsp3) is 0.321. The van der Waals surface area contributed by atoms with E-state index in [0.29, 0.717) is 43.1 Å². The maximum absolute atomic E-state index is 13.4. The summed E-state index contributed by atoms with van der Waals surface area (Å²) in [7, 11) is -1.20. The highest BCUT2D eigenvalue weighted by Crippen LogP contribution is 2.37. The zero-order valence-corrected chi connectivity index (χ0v) is 24.0. The highest BCUT2D eigenvalue weighted by Gasteiger charge is 2.26. The Morgan fingerprint density at radius 1 is 0.950 bits per heavy atom. The maximum Gasteiger partial charge on any atom is 0.262 e. The molecule has 2 heterocycles. The molecule has 0 bridgehead atoms. The van der Waals surface area contributed by atoms with Gasteiger partial charge in [0.15, 0.2) is 11.5 Å². The van der Waals surface area contributed by atoms with Crippen molar-refractivity contribution in [1.29, 1.82) is 0 Å². The van der Waals surface area contributed by atoms with Crippen LogP contribution in [0.3, 0.4) is 0 Å². The normalized spacial score (nSPS) is 15.2. The summed E-state index contributed by atoms with van der Waals surface area (Å²) in [5, 5.41) is 0.222. The van der Waals surface area contributed by atoms with Crippen molar-refractivity contribution in [1.82, 2.24) is 9.80 Å². The Hall–Kier alpha value is -3.67.